The first-order valence-corrected chi connectivity index (χ1v) is 14.3. The first-order valence-electron chi connectivity index (χ1n) is 13.5. The van der Waals surface area contributed by atoms with E-state index in [1.807, 2.05) is 65.3 Å². The average Bonchev–Trinajstić information content (AvgIpc) is 3.35. The maximum Gasteiger partial charge on any atom is 0.276 e. The van der Waals surface area contributed by atoms with Gasteiger partial charge in [-0.05, 0) is 56.4 Å². The van der Waals surface area contributed by atoms with Crippen LogP contribution in [0.4, 0.5) is 10.1 Å². The van der Waals surface area contributed by atoms with E-state index in [2.05, 4.69) is 57.6 Å². The third-order valence-electron chi connectivity index (χ3n) is 7.48. The van der Waals surface area contributed by atoms with Gasteiger partial charge in [0.25, 0.3) is 5.69 Å². The fourth-order valence-corrected chi connectivity index (χ4v) is 6.05. The Kier molecular flexibility index (Phi) is 7.65. The number of hydrogen-bond acceptors (Lipinski definition) is 4. The molecule has 0 unspecified atom stereocenters. The lowest BCUT2D eigenvalue weighted by Gasteiger charge is -2.37. The molecule has 0 saturated carbocycles. The van der Waals surface area contributed by atoms with Crippen LogP contribution in [0.5, 0.6) is 0 Å². The van der Waals surface area contributed by atoms with E-state index in [-0.39, 0.29) is 23.0 Å². The van der Waals surface area contributed by atoms with Crippen LogP contribution in [0.1, 0.15) is 27.8 Å². The zero-order chi connectivity index (χ0) is 29.1. The van der Waals surface area contributed by atoms with Gasteiger partial charge in [-0.25, -0.2) is 9.07 Å². The summed E-state index contributed by atoms with van der Waals surface area (Å²) in [5.74, 6) is -0.306. The molecule has 208 valence electrons. The van der Waals surface area contributed by atoms with Gasteiger partial charge in [0.15, 0.2) is 0 Å². The number of aromatic nitrogens is 2. The molecule has 6 aromatic rings. The van der Waals surface area contributed by atoms with Crippen molar-refractivity contribution in [1.29, 1.82) is 0 Å². The van der Waals surface area contributed by atoms with Crippen molar-refractivity contribution >= 4 is 32.5 Å². The number of nitrogens with zero attached hydrogens (tertiary/aromatic N) is 3. The quantitative estimate of drug-likeness (QED) is 0.101. The van der Waals surface area contributed by atoms with Crippen molar-refractivity contribution in [2.75, 3.05) is 0 Å². The molecule has 0 fully saturated rings. The molecule has 0 aliphatic carbocycles. The molecule has 0 aliphatic rings. The van der Waals surface area contributed by atoms with Gasteiger partial charge in [-0.15, -0.1) is 0 Å². The molecule has 0 amide bonds. The maximum absolute atomic E-state index is 13.3. The number of nitro benzene ring substituents is 1. The van der Waals surface area contributed by atoms with Crippen LogP contribution in [-0.2, 0) is 18.6 Å². The van der Waals surface area contributed by atoms with E-state index in [0.717, 1.165) is 27.6 Å². The Morgan fingerprint density at radius 2 is 1.31 bits per heavy atom. The third kappa shape index (κ3) is 5.00. The molecule has 0 spiro atoms. The molecule has 6 nitrogen and oxygen atoms in total. The van der Waals surface area contributed by atoms with Gasteiger partial charge in [0.2, 0.25) is 0 Å². The van der Waals surface area contributed by atoms with Crippen LogP contribution in [-0.4, -0.2) is 14.7 Å². The molecule has 1 N–H and O–H groups in total. The second-order valence-corrected chi connectivity index (χ2v) is 10.7. The predicted molar refractivity (Wildman–Crippen MR) is 166 cm³/mol. The Bertz CT molecular complexity index is 1750. The van der Waals surface area contributed by atoms with Crippen LogP contribution < -0.4 is 5.32 Å². The third-order valence-corrected chi connectivity index (χ3v) is 8.07. The summed E-state index contributed by atoms with van der Waals surface area (Å²) in [5, 5.41) is 21.5. The van der Waals surface area contributed by atoms with E-state index in [0.29, 0.717) is 22.2 Å². The van der Waals surface area contributed by atoms with Crippen LogP contribution in [0, 0.1) is 15.9 Å². The van der Waals surface area contributed by atoms with Gasteiger partial charge in [-0.3, -0.25) is 10.1 Å². The predicted octanol–water partition coefficient (Wildman–Crippen LogP) is 7.98. The summed E-state index contributed by atoms with van der Waals surface area (Å²) in [6.45, 7) is 0.692. The molecule has 1 aromatic heterocycles. The second kappa shape index (κ2) is 11.7. The van der Waals surface area contributed by atoms with Gasteiger partial charge < -0.3 is 5.32 Å². The standard InChI is InChI=1S/C34H26BrFN4O2/c35-33-30-20-25(23-37-22-24-16-18-29(36)19-17-24)31(40(41)42)21-32(30)39(38-33)34(26-10-4-1-5-11-26,27-12-6-2-7-13-27)28-14-8-3-9-15-28/h1-21,37H,22-23H2. The fourth-order valence-electron chi connectivity index (χ4n) is 5.57. The van der Waals surface area contributed by atoms with Crippen molar-refractivity contribution < 1.29 is 9.31 Å². The molecule has 0 aliphatic heterocycles. The van der Waals surface area contributed by atoms with Crippen molar-refractivity contribution in [1.82, 2.24) is 15.1 Å². The summed E-state index contributed by atoms with van der Waals surface area (Å²) >= 11 is 3.68. The van der Waals surface area contributed by atoms with E-state index < -0.39 is 5.54 Å². The van der Waals surface area contributed by atoms with Gasteiger partial charge in [-0.2, -0.15) is 5.10 Å². The SMILES string of the molecule is O=[N+]([O-])c1cc2c(cc1CNCc1ccc(F)cc1)c(Br)nn2C(c1ccccc1)(c1ccccc1)c1ccccc1. The molecule has 1 heterocycles. The summed E-state index contributed by atoms with van der Waals surface area (Å²) in [7, 11) is 0. The lowest BCUT2D eigenvalue weighted by molar-refractivity contribution is -0.385. The minimum Gasteiger partial charge on any atom is -0.308 e. The van der Waals surface area contributed by atoms with E-state index in [1.165, 1.54) is 12.1 Å². The summed E-state index contributed by atoms with van der Waals surface area (Å²) < 4.78 is 15.8. The second-order valence-electron chi connectivity index (χ2n) is 10.00. The van der Waals surface area contributed by atoms with E-state index in [1.54, 1.807) is 18.2 Å². The van der Waals surface area contributed by atoms with Crippen molar-refractivity contribution in [2.45, 2.75) is 18.6 Å². The average molecular weight is 622 g/mol. The van der Waals surface area contributed by atoms with Crippen LogP contribution >= 0.6 is 15.9 Å². The number of fused-ring (bicyclic) bond motifs is 1. The Balaban J connectivity index is 1.55. The fraction of sp³-hybridized carbons (Fsp3) is 0.0882. The van der Waals surface area contributed by atoms with Crippen LogP contribution in [0.25, 0.3) is 10.9 Å². The number of nitro groups is 1. The molecular formula is C34H26BrFN4O2. The highest BCUT2D eigenvalue weighted by molar-refractivity contribution is 9.10. The normalized spacial score (nSPS) is 11.6. The number of nitrogens with one attached hydrogen (secondary N) is 1. The highest BCUT2D eigenvalue weighted by Crippen LogP contribution is 2.44. The molecule has 0 saturated heterocycles. The molecule has 6 rings (SSSR count). The van der Waals surface area contributed by atoms with Crippen molar-refractivity contribution in [3.63, 3.8) is 0 Å². The summed E-state index contributed by atoms with van der Waals surface area (Å²) in [5.41, 5.74) is 3.99. The molecule has 0 atom stereocenters. The maximum atomic E-state index is 13.3. The first-order chi connectivity index (χ1) is 20.5. The zero-order valence-electron chi connectivity index (χ0n) is 22.5. The summed E-state index contributed by atoms with van der Waals surface area (Å²) in [6.07, 6.45) is 0. The van der Waals surface area contributed by atoms with Gasteiger partial charge in [0, 0.05) is 30.1 Å². The van der Waals surface area contributed by atoms with Gasteiger partial charge in [0.05, 0.1) is 10.4 Å². The summed E-state index contributed by atoms with van der Waals surface area (Å²) in [6, 6.07) is 39.8. The van der Waals surface area contributed by atoms with E-state index in [4.69, 9.17) is 5.10 Å². The van der Waals surface area contributed by atoms with Gasteiger partial charge >= 0.3 is 0 Å². The molecule has 0 bridgehead atoms. The van der Waals surface area contributed by atoms with Gasteiger partial charge in [0.1, 0.15) is 16.0 Å². The highest BCUT2D eigenvalue weighted by atomic mass is 79.9. The first kappa shape index (κ1) is 27.5. The van der Waals surface area contributed by atoms with Crippen molar-refractivity contribution in [3.05, 3.63) is 176 Å². The van der Waals surface area contributed by atoms with Gasteiger partial charge in [-0.1, -0.05) is 103 Å². The highest BCUT2D eigenvalue weighted by Gasteiger charge is 2.41. The number of halogens is 2. The topological polar surface area (TPSA) is 73.0 Å². The zero-order valence-corrected chi connectivity index (χ0v) is 24.0. The summed E-state index contributed by atoms with van der Waals surface area (Å²) in [4.78, 5) is 12.1. The van der Waals surface area contributed by atoms with Crippen LogP contribution in [0.2, 0.25) is 0 Å². The minimum atomic E-state index is -0.926. The molecule has 5 aromatic carbocycles. The monoisotopic (exact) mass is 620 g/mol. The van der Waals surface area contributed by atoms with E-state index >= 15 is 0 Å². The lowest BCUT2D eigenvalue weighted by Crippen LogP contribution is -2.38. The number of rotatable bonds is 9. The van der Waals surface area contributed by atoms with Crippen LogP contribution in [0.3, 0.4) is 0 Å². The van der Waals surface area contributed by atoms with Crippen molar-refractivity contribution in [3.8, 4) is 0 Å². The smallest absolute Gasteiger partial charge is 0.276 e. The minimum absolute atomic E-state index is 0.00848. The number of benzene rings is 5. The Hall–Kier alpha value is -4.66. The molecule has 8 heteroatoms. The Morgan fingerprint density at radius 3 is 1.81 bits per heavy atom. The lowest BCUT2D eigenvalue weighted by atomic mass is 9.77. The van der Waals surface area contributed by atoms with E-state index in [9.17, 15) is 14.5 Å². The Morgan fingerprint density at radius 1 is 0.786 bits per heavy atom. The molecule has 42 heavy (non-hydrogen) atoms. The Labute approximate surface area is 250 Å². The largest absolute Gasteiger partial charge is 0.308 e. The van der Waals surface area contributed by atoms with Crippen molar-refractivity contribution in [2.24, 2.45) is 0 Å². The van der Waals surface area contributed by atoms with Crippen LogP contribution in [0.15, 0.2) is 132 Å². The number of hydrogen-bond donors (Lipinski definition) is 1. The molecule has 0 radical (unpaired) electrons. The molecular weight excluding hydrogens is 595 g/mol.